The maximum absolute atomic E-state index is 14.7. The first kappa shape index (κ1) is 38.7. The predicted molar refractivity (Wildman–Crippen MR) is 168 cm³/mol. The average Bonchev–Trinajstić information content (AvgIpc) is 3.55. The van der Waals surface area contributed by atoms with Gasteiger partial charge in [0.1, 0.15) is 16.4 Å². The highest BCUT2D eigenvalue weighted by atomic mass is 32.2. The molecule has 52 heavy (non-hydrogen) atoms. The minimum atomic E-state index is -6.17. The van der Waals surface area contributed by atoms with Crippen LogP contribution in [0.5, 0.6) is 0 Å². The summed E-state index contributed by atoms with van der Waals surface area (Å²) in [5.41, 5.74) is -7.73. The van der Waals surface area contributed by atoms with Crippen molar-refractivity contribution in [2.45, 2.75) is 60.4 Å². The van der Waals surface area contributed by atoms with Gasteiger partial charge >= 0.3 is 12.4 Å². The lowest BCUT2D eigenvalue weighted by molar-refractivity contribution is -0.392. The van der Waals surface area contributed by atoms with E-state index >= 15 is 0 Å². The molecule has 2 aliphatic rings. The highest BCUT2D eigenvalue weighted by Crippen LogP contribution is 2.54. The molecule has 278 valence electrons. The summed E-state index contributed by atoms with van der Waals surface area (Å²) in [6, 6.07) is 9.91. The SMILES string of the molecule is CC(=O)N1CCC(C(=O)N2CCC(c3ccc(C(OCc4cc(F)ccc4C#N)(C(F)(F)F)C(F)(F)F)cc3)(S(=O)(=O)c3ccc(F)cc3)C2)CC1. The monoisotopic (exact) mass is 757 g/mol. The van der Waals surface area contributed by atoms with Crippen molar-refractivity contribution < 1.29 is 57.9 Å². The lowest BCUT2D eigenvalue weighted by Gasteiger charge is -2.38. The van der Waals surface area contributed by atoms with E-state index in [0.717, 1.165) is 48.5 Å². The molecule has 0 spiro atoms. The molecule has 5 rings (SSSR count). The normalized spacial score (nSPS) is 19.1. The molecule has 0 saturated carbocycles. The smallest absolute Gasteiger partial charge is 0.349 e. The third kappa shape index (κ3) is 6.85. The molecule has 2 heterocycles. The maximum atomic E-state index is 14.7. The first-order chi connectivity index (χ1) is 24.3. The predicted octanol–water partition coefficient (Wildman–Crippen LogP) is 6.53. The van der Waals surface area contributed by atoms with E-state index in [1.54, 1.807) is 11.0 Å². The van der Waals surface area contributed by atoms with E-state index in [1.165, 1.54) is 11.8 Å². The number of sulfone groups is 1. The molecule has 8 nitrogen and oxygen atoms in total. The molecule has 0 aliphatic carbocycles. The second kappa shape index (κ2) is 14.1. The van der Waals surface area contributed by atoms with Crippen LogP contribution in [-0.4, -0.2) is 68.6 Å². The lowest BCUT2D eigenvalue weighted by Crippen LogP contribution is -2.56. The number of alkyl halides is 6. The number of nitrogens with zero attached hydrogens (tertiary/aromatic N) is 3. The Bertz CT molecular complexity index is 1960. The summed E-state index contributed by atoms with van der Waals surface area (Å²) < 4.78 is 147. The van der Waals surface area contributed by atoms with Crippen molar-refractivity contribution >= 4 is 21.7 Å². The van der Waals surface area contributed by atoms with Crippen LogP contribution in [0.2, 0.25) is 0 Å². The van der Waals surface area contributed by atoms with Crippen molar-refractivity contribution in [1.29, 1.82) is 5.26 Å². The molecular weight excluding hydrogens is 726 g/mol. The number of rotatable bonds is 8. The first-order valence-electron chi connectivity index (χ1n) is 15.9. The van der Waals surface area contributed by atoms with Gasteiger partial charge < -0.3 is 14.5 Å². The second-order valence-electron chi connectivity index (χ2n) is 12.7. The van der Waals surface area contributed by atoms with Crippen molar-refractivity contribution in [2.24, 2.45) is 5.92 Å². The quantitative estimate of drug-likeness (QED) is 0.191. The summed E-state index contributed by atoms with van der Waals surface area (Å²) in [6.07, 6.45) is -12.0. The van der Waals surface area contributed by atoms with Gasteiger partial charge in [0.2, 0.25) is 11.8 Å². The zero-order valence-electron chi connectivity index (χ0n) is 27.4. The maximum Gasteiger partial charge on any atom is 0.430 e. The van der Waals surface area contributed by atoms with Crippen molar-refractivity contribution in [1.82, 2.24) is 9.80 Å². The molecule has 0 N–H and O–H groups in total. The molecule has 1 atom stereocenters. The molecule has 0 aromatic heterocycles. The summed E-state index contributed by atoms with van der Waals surface area (Å²) in [4.78, 5) is 27.8. The fourth-order valence-electron chi connectivity index (χ4n) is 6.84. The summed E-state index contributed by atoms with van der Waals surface area (Å²) in [6.45, 7) is -0.169. The van der Waals surface area contributed by atoms with Gasteiger partial charge in [-0.2, -0.15) is 31.6 Å². The number of likely N-dealkylation sites (tertiary alicyclic amines) is 2. The number of carbonyl (C=O) groups excluding carboxylic acids is 2. The number of piperidine rings is 1. The zero-order valence-corrected chi connectivity index (χ0v) is 28.2. The van der Waals surface area contributed by atoms with Crippen LogP contribution in [0.25, 0.3) is 0 Å². The van der Waals surface area contributed by atoms with E-state index in [0.29, 0.717) is 44.1 Å². The van der Waals surface area contributed by atoms with Gasteiger partial charge in [-0.1, -0.05) is 24.3 Å². The molecule has 17 heteroatoms. The molecule has 3 aromatic carbocycles. The van der Waals surface area contributed by atoms with Crippen LogP contribution in [0.4, 0.5) is 35.1 Å². The lowest BCUT2D eigenvalue weighted by atomic mass is 9.88. The van der Waals surface area contributed by atoms with E-state index in [9.17, 15) is 58.4 Å². The Morgan fingerprint density at radius 1 is 0.865 bits per heavy atom. The van der Waals surface area contributed by atoms with Crippen LogP contribution in [0.1, 0.15) is 48.4 Å². The number of carbonyl (C=O) groups is 2. The zero-order chi connectivity index (χ0) is 38.3. The fraction of sp³-hybridized carbons (Fsp3) is 0.400. The summed E-state index contributed by atoms with van der Waals surface area (Å²) in [5, 5.41) is 9.27. The van der Waals surface area contributed by atoms with Crippen LogP contribution < -0.4 is 0 Å². The van der Waals surface area contributed by atoms with Crippen molar-refractivity contribution in [3.63, 3.8) is 0 Å². The van der Waals surface area contributed by atoms with E-state index < -0.39 is 90.7 Å². The second-order valence-corrected chi connectivity index (χ2v) is 15.0. The summed E-state index contributed by atoms with van der Waals surface area (Å²) in [5.74, 6) is -2.98. The molecule has 0 radical (unpaired) electrons. The van der Waals surface area contributed by atoms with Crippen LogP contribution >= 0.6 is 0 Å². The molecule has 0 bridgehead atoms. The van der Waals surface area contributed by atoms with Crippen LogP contribution in [0.15, 0.2) is 71.6 Å². The number of hydrogen-bond donors (Lipinski definition) is 0. The third-order valence-electron chi connectivity index (χ3n) is 9.72. The molecule has 2 amide bonds. The van der Waals surface area contributed by atoms with Gasteiger partial charge in [-0.05, 0) is 72.9 Å². The van der Waals surface area contributed by atoms with Gasteiger partial charge in [0.05, 0.1) is 23.1 Å². The highest BCUT2D eigenvalue weighted by Gasteiger charge is 2.73. The number of halogens is 8. The number of benzene rings is 3. The fourth-order valence-corrected chi connectivity index (χ4v) is 8.92. The number of nitriles is 1. The Morgan fingerprint density at radius 3 is 1.98 bits per heavy atom. The molecule has 2 aliphatic heterocycles. The Morgan fingerprint density at radius 2 is 1.44 bits per heavy atom. The highest BCUT2D eigenvalue weighted by molar-refractivity contribution is 7.92. The van der Waals surface area contributed by atoms with Crippen LogP contribution in [0.3, 0.4) is 0 Å². The Balaban J connectivity index is 1.56. The van der Waals surface area contributed by atoms with Gasteiger partial charge in [-0.25, -0.2) is 17.2 Å². The Hall–Kier alpha value is -4.56. The third-order valence-corrected chi connectivity index (χ3v) is 12.2. The number of ether oxygens (including phenoxy) is 1. The molecule has 2 fully saturated rings. The number of amides is 2. The standard InChI is InChI=1S/C35H31F8N3O5S/c1-22(47)45-15-12-23(13-16-45)31(48)46-17-14-32(21-46,52(49,50)30-10-8-28(36)9-11-30)26-3-5-27(6-4-26)33(34(38,39)40,35(41,42)43)51-20-25-18-29(37)7-2-24(25)19-44/h2-11,18,23H,12-17,20-21H2,1H3. The minimum absolute atomic E-state index is 0.138. The number of hydrogen-bond acceptors (Lipinski definition) is 6. The Kier molecular flexibility index (Phi) is 10.5. The largest absolute Gasteiger partial charge is 0.430 e. The van der Waals surface area contributed by atoms with Crippen LogP contribution in [0, 0.1) is 28.9 Å². The van der Waals surface area contributed by atoms with Gasteiger partial charge in [0.25, 0.3) is 5.60 Å². The van der Waals surface area contributed by atoms with Crippen molar-refractivity contribution in [2.75, 3.05) is 26.2 Å². The van der Waals surface area contributed by atoms with Gasteiger partial charge in [-0.15, -0.1) is 0 Å². The molecule has 2 saturated heterocycles. The van der Waals surface area contributed by atoms with E-state index in [2.05, 4.69) is 4.74 Å². The van der Waals surface area contributed by atoms with E-state index in [1.807, 2.05) is 0 Å². The Labute approximate surface area is 293 Å². The molecule has 3 aromatic rings. The van der Waals surface area contributed by atoms with Gasteiger partial charge in [-0.3, -0.25) is 9.59 Å². The van der Waals surface area contributed by atoms with Crippen molar-refractivity contribution in [3.05, 3.63) is 101 Å². The van der Waals surface area contributed by atoms with Crippen LogP contribution in [-0.2, 0) is 41.1 Å². The van der Waals surface area contributed by atoms with Gasteiger partial charge in [0, 0.05) is 44.6 Å². The van der Waals surface area contributed by atoms with E-state index in [4.69, 9.17) is 0 Å². The minimum Gasteiger partial charge on any atom is -0.349 e. The van der Waals surface area contributed by atoms with Gasteiger partial charge in [0.15, 0.2) is 9.84 Å². The topological polar surface area (TPSA) is 108 Å². The average molecular weight is 758 g/mol. The molecule has 1 unspecified atom stereocenters. The summed E-state index contributed by atoms with van der Waals surface area (Å²) >= 11 is 0. The van der Waals surface area contributed by atoms with E-state index in [-0.39, 0.29) is 24.4 Å². The first-order valence-corrected chi connectivity index (χ1v) is 17.4. The van der Waals surface area contributed by atoms with Crippen molar-refractivity contribution in [3.8, 4) is 6.07 Å². The molecular formula is C35H31F8N3O5S. The summed E-state index contributed by atoms with van der Waals surface area (Å²) in [7, 11) is -4.61.